The van der Waals surface area contributed by atoms with Crippen LogP contribution >= 0.6 is 11.6 Å². The lowest BCUT2D eigenvalue weighted by atomic mass is 10.1. The van der Waals surface area contributed by atoms with Gasteiger partial charge in [0.2, 0.25) is 0 Å². The van der Waals surface area contributed by atoms with E-state index in [0.29, 0.717) is 11.6 Å². The number of benzene rings is 2. The molecular formula is C15H15ClFNO. The van der Waals surface area contributed by atoms with Crippen molar-refractivity contribution in [2.24, 2.45) is 5.73 Å². The van der Waals surface area contributed by atoms with Gasteiger partial charge in [-0.15, -0.1) is 0 Å². The molecule has 0 unspecified atom stereocenters. The molecule has 4 heteroatoms. The van der Waals surface area contributed by atoms with Crippen LogP contribution in [-0.2, 0) is 6.61 Å². The third kappa shape index (κ3) is 3.69. The molecule has 2 nitrogen and oxygen atoms in total. The van der Waals surface area contributed by atoms with Crippen LogP contribution in [0.3, 0.4) is 0 Å². The zero-order valence-corrected chi connectivity index (χ0v) is 11.3. The number of hydrogen-bond acceptors (Lipinski definition) is 2. The van der Waals surface area contributed by atoms with Crippen molar-refractivity contribution in [2.45, 2.75) is 19.6 Å². The highest BCUT2D eigenvalue weighted by atomic mass is 35.5. The maximum Gasteiger partial charge on any atom is 0.124 e. The van der Waals surface area contributed by atoms with Crippen LogP contribution in [0.5, 0.6) is 5.75 Å². The summed E-state index contributed by atoms with van der Waals surface area (Å²) < 4.78 is 18.6. The zero-order chi connectivity index (χ0) is 13.8. The standard InChI is InChI=1S/C15H15ClFNO/c1-10(18)11-3-2-4-14(7-11)19-9-12-5-6-13(17)8-15(12)16/h2-8,10H,9,18H2,1H3/t10-/m1/s1. The number of ether oxygens (including phenoxy) is 1. The van der Waals surface area contributed by atoms with Crippen molar-refractivity contribution in [1.82, 2.24) is 0 Å². The van der Waals surface area contributed by atoms with E-state index in [4.69, 9.17) is 22.1 Å². The van der Waals surface area contributed by atoms with Crippen molar-refractivity contribution in [1.29, 1.82) is 0 Å². The van der Waals surface area contributed by atoms with E-state index in [-0.39, 0.29) is 11.9 Å². The Bertz CT molecular complexity index is 572. The van der Waals surface area contributed by atoms with Gasteiger partial charge in [-0.2, -0.15) is 0 Å². The van der Waals surface area contributed by atoms with Crippen molar-refractivity contribution in [3.8, 4) is 5.75 Å². The zero-order valence-electron chi connectivity index (χ0n) is 10.6. The lowest BCUT2D eigenvalue weighted by Crippen LogP contribution is -2.05. The summed E-state index contributed by atoms with van der Waals surface area (Å²) in [6.07, 6.45) is 0. The highest BCUT2D eigenvalue weighted by molar-refractivity contribution is 6.31. The molecule has 0 saturated carbocycles. The third-order valence-electron chi connectivity index (χ3n) is 2.79. The third-order valence-corrected chi connectivity index (χ3v) is 3.15. The van der Waals surface area contributed by atoms with Gasteiger partial charge in [0.25, 0.3) is 0 Å². The first-order chi connectivity index (χ1) is 9.06. The van der Waals surface area contributed by atoms with Gasteiger partial charge in [-0.25, -0.2) is 4.39 Å². The van der Waals surface area contributed by atoms with Crippen LogP contribution in [0.4, 0.5) is 4.39 Å². The van der Waals surface area contributed by atoms with Gasteiger partial charge >= 0.3 is 0 Å². The summed E-state index contributed by atoms with van der Waals surface area (Å²) in [5.74, 6) is 0.364. The van der Waals surface area contributed by atoms with Gasteiger partial charge in [-0.3, -0.25) is 0 Å². The van der Waals surface area contributed by atoms with Gasteiger partial charge < -0.3 is 10.5 Å². The molecule has 2 rings (SSSR count). The van der Waals surface area contributed by atoms with E-state index in [0.717, 1.165) is 16.9 Å². The number of nitrogens with two attached hydrogens (primary N) is 1. The fraction of sp³-hybridized carbons (Fsp3) is 0.200. The molecule has 2 aromatic rings. The molecule has 0 spiro atoms. The first-order valence-corrected chi connectivity index (χ1v) is 6.36. The van der Waals surface area contributed by atoms with Crippen molar-refractivity contribution >= 4 is 11.6 Å². The van der Waals surface area contributed by atoms with Crippen LogP contribution in [0, 0.1) is 5.82 Å². The molecule has 19 heavy (non-hydrogen) atoms. The highest BCUT2D eigenvalue weighted by Crippen LogP contribution is 2.22. The SMILES string of the molecule is C[C@@H](N)c1cccc(OCc2ccc(F)cc2Cl)c1. The van der Waals surface area contributed by atoms with E-state index in [1.807, 2.05) is 31.2 Å². The maximum atomic E-state index is 12.9. The van der Waals surface area contributed by atoms with Gasteiger partial charge in [0.1, 0.15) is 18.2 Å². The normalized spacial score (nSPS) is 12.2. The molecule has 0 aromatic heterocycles. The summed E-state index contributed by atoms with van der Waals surface area (Å²) >= 11 is 5.94. The second kappa shape index (κ2) is 6.04. The smallest absolute Gasteiger partial charge is 0.124 e. The molecule has 2 aromatic carbocycles. The molecular weight excluding hydrogens is 265 g/mol. The van der Waals surface area contributed by atoms with Gasteiger partial charge in [-0.05, 0) is 36.8 Å². The Morgan fingerprint density at radius 1 is 1.26 bits per heavy atom. The van der Waals surface area contributed by atoms with Crippen molar-refractivity contribution in [3.63, 3.8) is 0 Å². The quantitative estimate of drug-likeness (QED) is 0.915. The fourth-order valence-electron chi connectivity index (χ4n) is 1.69. The molecule has 0 saturated heterocycles. The molecule has 0 radical (unpaired) electrons. The van der Waals surface area contributed by atoms with E-state index in [9.17, 15) is 4.39 Å². The van der Waals surface area contributed by atoms with Crippen LogP contribution in [0.1, 0.15) is 24.1 Å². The molecule has 0 aliphatic rings. The van der Waals surface area contributed by atoms with Gasteiger partial charge in [0.05, 0.1) is 5.02 Å². The van der Waals surface area contributed by atoms with Crippen LogP contribution in [0.15, 0.2) is 42.5 Å². The molecule has 0 fully saturated rings. The number of halogens is 2. The second-order valence-electron chi connectivity index (χ2n) is 4.39. The average molecular weight is 280 g/mol. The van der Waals surface area contributed by atoms with E-state index in [1.165, 1.54) is 12.1 Å². The van der Waals surface area contributed by atoms with E-state index in [1.54, 1.807) is 6.07 Å². The summed E-state index contributed by atoms with van der Waals surface area (Å²) in [6, 6.07) is 11.8. The Balaban J connectivity index is 2.08. The fourth-order valence-corrected chi connectivity index (χ4v) is 1.91. The molecule has 0 amide bonds. The number of rotatable bonds is 4. The number of hydrogen-bond donors (Lipinski definition) is 1. The summed E-state index contributed by atoms with van der Waals surface area (Å²) in [7, 11) is 0. The molecule has 0 bridgehead atoms. The van der Waals surface area contributed by atoms with Gasteiger partial charge in [0.15, 0.2) is 0 Å². The Kier molecular flexibility index (Phi) is 4.40. The Labute approximate surface area is 117 Å². The summed E-state index contributed by atoms with van der Waals surface area (Å²) in [5, 5.41) is 0.364. The Morgan fingerprint density at radius 3 is 2.74 bits per heavy atom. The Morgan fingerprint density at radius 2 is 2.05 bits per heavy atom. The van der Waals surface area contributed by atoms with E-state index >= 15 is 0 Å². The largest absolute Gasteiger partial charge is 0.489 e. The summed E-state index contributed by atoms with van der Waals surface area (Å²) in [5.41, 5.74) is 7.56. The lowest BCUT2D eigenvalue weighted by molar-refractivity contribution is 0.305. The predicted molar refractivity (Wildman–Crippen MR) is 74.8 cm³/mol. The van der Waals surface area contributed by atoms with Crippen molar-refractivity contribution in [3.05, 3.63) is 64.4 Å². The predicted octanol–water partition coefficient (Wildman–Crippen LogP) is 4.08. The van der Waals surface area contributed by atoms with Crippen molar-refractivity contribution < 1.29 is 9.13 Å². The minimum absolute atomic E-state index is 0.0436. The highest BCUT2D eigenvalue weighted by Gasteiger charge is 2.05. The minimum atomic E-state index is -0.354. The summed E-state index contributed by atoms with van der Waals surface area (Å²) in [4.78, 5) is 0. The minimum Gasteiger partial charge on any atom is -0.489 e. The lowest BCUT2D eigenvalue weighted by Gasteiger charge is -2.11. The molecule has 0 aliphatic heterocycles. The monoisotopic (exact) mass is 279 g/mol. The van der Waals surface area contributed by atoms with Crippen LogP contribution < -0.4 is 10.5 Å². The van der Waals surface area contributed by atoms with Crippen LogP contribution in [0.25, 0.3) is 0 Å². The van der Waals surface area contributed by atoms with E-state index in [2.05, 4.69) is 0 Å². The van der Waals surface area contributed by atoms with Crippen molar-refractivity contribution in [2.75, 3.05) is 0 Å². The van der Waals surface area contributed by atoms with Crippen LogP contribution in [-0.4, -0.2) is 0 Å². The Hall–Kier alpha value is -1.58. The first-order valence-electron chi connectivity index (χ1n) is 5.98. The molecule has 100 valence electrons. The topological polar surface area (TPSA) is 35.2 Å². The maximum absolute atomic E-state index is 12.9. The average Bonchev–Trinajstić information content (AvgIpc) is 2.38. The molecule has 1 atom stereocenters. The first kappa shape index (κ1) is 13.8. The van der Waals surface area contributed by atoms with Gasteiger partial charge in [-0.1, -0.05) is 29.8 Å². The second-order valence-corrected chi connectivity index (χ2v) is 4.79. The summed E-state index contributed by atoms with van der Waals surface area (Å²) in [6.45, 7) is 2.21. The molecule has 0 aliphatic carbocycles. The van der Waals surface area contributed by atoms with E-state index < -0.39 is 0 Å². The molecule has 0 heterocycles. The molecule has 2 N–H and O–H groups in total. The van der Waals surface area contributed by atoms with Gasteiger partial charge in [0, 0.05) is 11.6 Å². The van der Waals surface area contributed by atoms with Crippen LogP contribution in [0.2, 0.25) is 5.02 Å².